The molecule has 0 aliphatic rings. The molecule has 0 spiro atoms. The van der Waals surface area contributed by atoms with Gasteiger partial charge in [-0.3, -0.25) is 19.2 Å². The zero-order valence-corrected chi connectivity index (χ0v) is 20.6. The minimum absolute atomic E-state index is 0.183. The molecule has 2 unspecified atom stereocenters. The van der Waals surface area contributed by atoms with Gasteiger partial charge in [0.05, 0.1) is 26.1 Å². The molecule has 2 aromatic rings. The number of rotatable bonds is 12. The number of carbonyl (C=O) groups is 4. The van der Waals surface area contributed by atoms with Crippen LogP contribution >= 0.6 is 0 Å². The highest BCUT2D eigenvalue weighted by molar-refractivity contribution is 5.92. The molecule has 0 N–H and O–H groups in total. The maximum absolute atomic E-state index is 12.8. The molecule has 0 aromatic heterocycles. The highest BCUT2D eigenvalue weighted by Gasteiger charge is 2.38. The summed E-state index contributed by atoms with van der Waals surface area (Å²) in [5.74, 6) is -2.84. The Kier molecular flexibility index (Phi) is 9.99. The van der Waals surface area contributed by atoms with Gasteiger partial charge in [-0.15, -0.1) is 0 Å². The minimum Gasteiger partial charge on any atom is -0.466 e. The molecule has 8 nitrogen and oxygen atoms in total. The van der Waals surface area contributed by atoms with Crippen LogP contribution in [0.3, 0.4) is 0 Å². The Balaban J connectivity index is 2.17. The van der Waals surface area contributed by atoms with Crippen molar-refractivity contribution in [2.45, 2.75) is 58.2 Å². The van der Waals surface area contributed by atoms with Crippen LogP contribution in [0.25, 0.3) is 0 Å². The topological polar surface area (TPSA) is 105 Å². The fraction of sp³-hybridized carbons (Fsp3) is 0.407. The zero-order chi connectivity index (χ0) is 25.9. The van der Waals surface area contributed by atoms with Crippen molar-refractivity contribution in [3.63, 3.8) is 0 Å². The molecule has 2 aromatic carbocycles. The number of esters is 4. The van der Waals surface area contributed by atoms with Crippen LogP contribution in [-0.2, 0) is 49.3 Å². The summed E-state index contributed by atoms with van der Waals surface area (Å²) >= 11 is 0. The highest BCUT2D eigenvalue weighted by Crippen LogP contribution is 2.32. The SMILES string of the molecule is CCOC(=O)CC(C)(OC(=O)CC(=O)OC(C)(CC(=O)OCC)c1ccccc1)c1ccccc1. The number of carbonyl (C=O) groups excluding carboxylic acids is 4. The molecule has 0 aliphatic heterocycles. The van der Waals surface area contributed by atoms with Crippen molar-refractivity contribution in [1.29, 1.82) is 0 Å². The first-order chi connectivity index (χ1) is 16.6. The van der Waals surface area contributed by atoms with Gasteiger partial charge in [0.2, 0.25) is 0 Å². The number of ether oxygens (including phenoxy) is 4. The third-order valence-electron chi connectivity index (χ3n) is 5.31. The molecule has 0 amide bonds. The predicted molar refractivity (Wildman–Crippen MR) is 127 cm³/mol. The molecule has 0 aliphatic carbocycles. The quantitative estimate of drug-likeness (QED) is 0.251. The number of benzene rings is 2. The predicted octanol–water partition coefficient (Wildman–Crippen LogP) is 4.20. The van der Waals surface area contributed by atoms with Gasteiger partial charge < -0.3 is 18.9 Å². The largest absolute Gasteiger partial charge is 0.466 e. The molecular formula is C27H32O8. The summed E-state index contributed by atoms with van der Waals surface area (Å²) in [6.45, 7) is 6.89. The lowest BCUT2D eigenvalue weighted by atomic mass is 9.92. The molecule has 0 bridgehead atoms. The van der Waals surface area contributed by atoms with Crippen LogP contribution < -0.4 is 0 Å². The third-order valence-corrected chi connectivity index (χ3v) is 5.31. The Labute approximate surface area is 205 Å². The Bertz CT molecular complexity index is 923. The summed E-state index contributed by atoms with van der Waals surface area (Å²) in [6.07, 6.45) is -1.16. The second-order valence-electron chi connectivity index (χ2n) is 8.28. The maximum atomic E-state index is 12.8. The van der Waals surface area contributed by atoms with E-state index in [0.29, 0.717) is 11.1 Å². The lowest BCUT2D eigenvalue weighted by Crippen LogP contribution is -2.36. The van der Waals surface area contributed by atoms with Gasteiger partial charge in [-0.2, -0.15) is 0 Å². The molecule has 2 atom stereocenters. The van der Waals surface area contributed by atoms with Crippen LogP contribution in [0.1, 0.15) is 58.1 Å². The van der Waals surface area contributed by atoms with Gasteiger partial charge >= 0.3 is 23.9 Å². The lowest BCUT2D eigenvalue weighted by molar-refractivity contribution is -0.174. The van der Waals surface area contributed by atoms with Crippen molar-refractivity contribution in [2.24, 2.45) is 0 Å². The van der Waals surface area contributed by atoms with Gasteiger partial charge in [0, 0.05) is 0 Å². The van der Waals surface area contributed by atoms with Gasteiger partial charge in [-0.05, 0) is 38.8 Å². The summed E-state index contributed by atoms with van der Waals surface area (Å²) in [5, 5.41) is 0. The Hall–Kier alpha value is -3.68. The van der Waals surface area contributed by atoms with Crippen LogP contribution in [-0.4, -0.2) is 37.1 Å². The van der Waals surface area contributed by atoms with Crippen molar-refractivity contribution in [3.05, 3.63) is 71.8 Å². The summed E-state index contributed by atoms with van der Waals surface area (Å²) < 4.78 is 21.3. The summed E-state index contributed by atoms with van der Waals surface area (Å²) in [5.41, 5.74) is -1.55. The Morgan fingerprint density at radius 2 is 0.943 bits per heavy atom. The highest BCUT2D eigenvalue weighted by atomic mass is 16.6. The van der Waals surface area contributed by atoms with E-state index in [-0.39, 0.29) is 26.1 Å². The van der Waals surface area contributed by atoms with Crippen LogP contribution in [0.15, 0.2) is 60.7 Å². The average Bonchev–Trinajstić information content (AvgIpc) is 2.80. The molecule has 0 saturated carbocycles. The van der Waals surface area contributed by atoms with E-state index in [1.165, 1.54) is 0 Å². The molecule has 0 fully saturated rings. The van der Waals surface area contributed by atoms with Crippen molar-refractivity contribution in [2.75, 3.05) is 13.2 Å². The molecule has 188 valence electrons. The van der Waals surface area contributed by atoms with E-state index in [2.05, 4.69) is 0 Å². The van der Waals surface area contributed by atoms with E-state index in [1.807, 2.05) is 0 Å². The van der Waals surface area contributed by atoms with E-state index >= 15 is 0 Å². The van der Waals surface area contributed by atoms with Gasteiger partial charge in [-0.25, -0.2) is 0 Å². The van der Waals surface area contributed by atoms with Crippen molar-refractivity contribution >= 4 is 23.9 Å². The molecule has 2 rings (SSSR count). The third kappa shape index (κ3) is 8.24. The second kappa shape index (κ2) is 12.7. The van der Waals surface area contributed by atoms with Gasteiger partial charge in [-0.1, -0.05) is 60.7 Å². The van der Waals surface area contributed by atoms with Gasteiger partial charge in [0.25, 0.3) is 0 Å². The first-order valence-electron chi connectivity index (χ1n) is 11.5. The lowest BCUT2D eigenvalue weighted by Gasteiger charge is -2.31. The summed E-state index contributed by atoms with van der Waals surface area (Å²) in [6, 6.07) is 17.5. The Morgan fingerprint density at radius 3 is 1.26 bits per heavy atom. The van der Waals surface area contributed by atoms with Crippen molar-refractivity contribution < 1.29 is 38.1 Å². The van der Waals surface area contributed by atoms with E-state index in [9.17, 15) is 19.2 Å². The van der Waals surface area contributed by atoms with E-state index < -0.39 is 41.5 Å². The average molecular weight is 485 g/mol. The Morgan fingerprint density at radius 1 is 0.600 bits per heavy atom. The standard InChI is InChI=1S/C27H32O8/c1-5-32-24(30)18-26(3,20-13-9-7-10-14-20)34-22(28)17-23(29)35-27(4,19-25(31)33-6-2)21-15-11-8-12-16-21/h7-16H,5-6,17-19H2,1-4H3. The fourth-order valence-corrected chi connectivity index (χ4v) is 3.64. The van der Waals surface area contributed by atoms with Crippen LogP contribution in [0, 0.1) is 0 Å². The van der Waals surface area contributed by atoms with Gasteiger partial charge in [0.1, 0.15) is 17.6 Å². The molecule has 35 heavy (non-hydrogen) atoms. The van der Waals surface area contributed by atoms with Crippen LogP contribution in [0.5, 0.6) is 0 Å². The summed E-state index contributed by atoms with van der Waals surface area (Å²) in [7, 11) is 0. The molecular weight excluding hydrogens is 452 g/mol. The fourth-order valence-electron chi connectivity index (χ4n) is 3.64. The molecule has 0 radical (unpaired) electrons. The number of hydrogen-bond donors (Lipinski definition) is 0. The molecule has 0 saturated heterocycles. The van der Waals surface area contributed by atoms with Crippen molar-refractivity contribution in [3.8, 4) is 0 Å². The maximum Gasteiger partial charge on any atom is 0.318 e. The number of hydrogen-bond acceptors (Lipinski definition) is 8. The minimum atomic E-state index is -1.35. The zero-order valence-electron chi connectivity index (χ0n) is 20.6. The van der Waals surface area contributed by atoms with Crippen molar-refractivity contribution in [1.82, 2.24) is 0 Å². The monoisotopic (exact) mass is 484 g/mol. The van der Waals surface area contributed by atoms with Crippen LogP contribution in [0.4, 0.5) is 0 Å². The van der Waals surface area contributed by atoms with Crippen LogP contribution in [0.2, 0.25) is 0 Å². The van der Waals surface area contributed by atoms with E-state index in [0.717, 1.165) is 0 Å². The first-order valence-corrected chi connectivity index (χ1v) is 11.5. The van der Waals surface area contributed by atoms with E-state index in [4.69, 9.17) is 18.9 Å². The smallest absolute Gasteiger partial charge is 0.318 e. The molecule has 8 heteroatoms. The normalized spacial score (nSPS) is 14.1. The van der Waals surface area contributed by atoms with E-state index in [1.54, 1.807) is 88.4 Å². The second-order valence-corrected chi connectivity index (χ2v) is 8.28. The first kappa shape index (κ1) is 27.6. The van der Waals surface area contributed by atoms with Gasteiger partial charge in [0.15, 0.2) is 0 Å². The summed E-state index contributed by atoms with van der Waals surface area (Å²) in [4.78, 5) is 49.9. The molecule has 0 heterocycles.